The SMILES string of the molecule is COc1cc(Cl)c(NCc2ccc(C)cc2Br)cc1OC. The van der Waals surface area contributed by atoms with Crippen LogP contribution in [0.4, 0.5) is 5.69 Å². The Kier molecular flexibility index (Phi) is 5.37. The Bertz CT molecular complexity index is 646. The minimum Gasteiger partial charge on any atom is -0.493 e. The molecule has 0 saturated heterocycles. The van der Waals surface area contributed by atoms with E-state index in [1.54, 1.807) is 20.3 Å². The van der Waals surface area contributed by atoms with Crippen molar-refractivity contribution in [1.29, 1.82) is 0 Å². The predicted octanol–water partition coefficient (Wildman–Crippen LogP) is 5.04. The fourth-order valence-corrected chi connectivity index (χ4v) is 2.83. The number of anilines is 1. The predicted molar refractivity (Wildman–Crippen MR) is 90.8 cm³/mol. The van der Waals surface area contributed by atoms with Crippen LogP contribution in [0, 0.1) is 6.92 Å². The standard InChI is InChI=1S/C16H17BrClNO2/c1-10-4-5-11(12(17)6-10)9-19-14-8-16(21-3)15(20-2)7-13(14)18/h4-8,19H,9H2,1-3H3. The lowest BCUT2D eigenvalue weighted by Crippen LogP contribution is -2.02. The fraction of sp³-hybridized carbons (Fsp3) is 0.250. The van der Waals surface area contributed by atoms with Gasteiger partial charge in [0, 0.05) is 23.2 Å². The molecule has 21 heavy (non-hydrogen) atoms. The number of nitrogens with one attached hydrogen (secondary N) is 1. The van der Waals surface area contributed by atoms with E-state index in [-0.39, 0.29) is 0 Å². The third kappa shape index (κ3) is 3.83. The smallest absolute Gasteiger partial charge is 0.162 e. The summed E-state index contributed by atoms with van der Waals surface area (Å²) in [5.74, 6) is 1.26. The second-order valence-electron chi connectivity index (χ2n) is 4.64. The van der Waals surface area contributed by atoms with Crippen LogP contribution < -0.4 is 14.8 Å². The first-order valence-corrected chi connectivity index (χ1v) is 7.62. The molecule has 0 unspecified atom stereocenters. The van der Waals surface area contributed by atoms with Crippen LogP contribution in [0.25, 0.3) is 0 Å². The third-order valence-corrected chi connectivity index (χ3v) is 4.20. The molecule has 0 heterocycles. The summed E-state index contributed by atoms with van der Waals surface area (Å²) in [6.07, 6.45) is 0. The van der Waals surface area contributed by atoms with E-state index in [1.807, 2.05) is 6.07 Å². The quantitative estimate of drug-likeness (QED) is 0.800. The molecule has 0 aliphatic rings. The zero-order valence-electron chi connectivity index (χ0n) is 12.2. The lowest BCUT2D eigenvalue weighted by molar-refractivity contribution is 0.355. The molecule has 2 aromatic carbocycles. The van der Waals surface area contributed by atoms with Crippen molar-refractivity contribution >= 4 is 33.2 Å². The Morgan fingerprint density at radius 3 is 2.38 bits per heavy atom. The van der Waals surface area contributed by atoms with Gasteiger partial charge in [0.05, 0.1) is 24.9 Å². The Hall–Kier alpha value is -1.39. The van der Waals surface area contributed by atoms with Crippen molar-refractivity contribution in [3.05, 3.63) is 51.0 Å². The van der Waals surface area contributed by atoms with Crippen LogP contribution in [-0.2, 0) is 6.54 Å². The van der Waals surface area contributed by atoms with Crippen LogP contribution in [0.3, 0.4) is 0 Å². The number of ether oxygens (including phenoxy) is 2. The molecule has 5 heteroatoms. The summed E-state index contributed by atoms with van der Waals surface area (Å²) in [6, 6.07) is 9.84. The summed E-state index contributed by atoms with van der Waals surface area (Å²) < 4.78 is 11.6. The van der Waals surface area contributed by atoms with Crippen LogP contribution >= 0.6 is 27.5 Å². The summed E-state index contributed by atoms with van der Waals surface area (Å²) in [5, 5.41) is 3.91. The van der Waals surface area contributed by atoms with Gasteiger partial charge >= 0.3 is 0 Å². The van der Waals surface area contributed by atoms with Gasteiger partial charge in [-0.3, -0.25) is 0 Å². The van der Waals surface area contributed by atoms with Crippen LogP contribution in [0.1, 0.15) is 11.1 Å². The Morgan fingerprint density at radius 1 is 1.10 bits per heavy atom. The number of methoxy groups -OCH3 is 2. The van der Waals surface area contributed by atoms with Crippen molar-refractivity contribution in [3.63, 3.8) is 0 Å². The molecular weight excluding hydrogens is 354 g/mol. The molecule has 1 N–H and O–H groups in total. The van der Waals surface area contributed by atoms with Gasteiger partial charge in [0.2, 0.25) is 0 Å². The molecule has 3 nitrogen and oxygen atoms in total. The maximum atomic E-state index is 6.26. The van der Waals surface area contributed by atoms with E-state index in [0.29, 0.717) is 23.1 Å². The minimum atomic E-state index is 0.593. The molecule has 0 aliphatic heterocycles. The first-order valence-electron chi connectivity index (χ1n) is 6.45. The highest BCUT2D eigenvalue weighted by molar-refractivity contribution is 9.10. The molecular formula is C16H17BrClNO2. The summed E-state index contributed by atoms with van der Waals surface area (Å²) in [7, 11) is 3.19. The van der Waals surface area contributed by atoms with E-state index in [9.17, 15) is 0 Å². The van der Waals surface area contributed by atoms with Gasteiger partial charge in [-0.25, -0.2) is 0 Å². The molecule has 0 amide bonds. The van der Waals surface area contributed by atoms with Crippen LogP contribution in [0.2, 0.25) is 5.02 Å². The average Bonchev–Trinajstić information content (AvgIpc) is 2.47. The molecule has 0 aliphatic carbocycles. The first-order chi connectivity index (χ1) is 10.0. The Morgan fingerprint density at radius 2 is 1.76 bits per heavy atom. The molecule has 0 fully saturated rings. The topological polar surface area (TPSA) is 30.5 Å². The molecule has 2 aromatic rings. The second kappa shape index (κ2) is 7.05. The molecule has 2 rings (SSSR count). The lowest BCUT2D eigenvalue weighted by Gasteiger charge is -2.14. The first kappa shape index (κ1) is 16.0. The maximum Gasteiger partial charge on any atom is 0.162 e. The molecule has 112 valence electrons. The van der Waals surface area contributed by atoms with E-state index >= 15 is 0 Å². The van der Waals surface area contributed by atoms with Crippen molar-refractivity contribution < 1.29 is 9.47 Å². The molecule has 0 spiro atoms. The van der Waals surface area contributed by atoms with Crippen molar-refractivity contribution in [1.82, 2.24) is 0 Å². The highest BCUT2D eigenvalue weighted by Crippen LogP contribution is 2.36. The van der Waals surface area contributed by atoms with Crippen LogP contribution in [-0.4, -0.2) is 14.2 Å². The molecule has 0 atom stereocenters. The number of benzene rings is 2. The second-order valence-corrected chi connectivity index (χ2v) is 5.90. The van der Waals surface area contributed by atoms with E-state index in [0.717, 1.165) is 15.7 Å². The van der Waals surface area contributed by atoms with Gasteiger partial charge in [0.1, 0.15) is 0 Å². The van der Waals surface area contributed by atoms with Crippen molar-refractivity contribution in [2.45, 2.75) is 13.5 Å². The Balaban J connectivity index is 2.19. The molecule has 0 aromatic heterocycles. The van der Waals surface area contributed by atoms with Crippen molar-refractivity contribution in [2.75, 3.05) is 19.5 Å². The van der Waals surface area contributed by atoms with Gasteiger partial charge in [-0.05, 0) is 24.1 Å². The number of halogens is 2. The van der Waals surface area contributed by atoms with Gasteiger partial charge in [0.25, 0.3) is 0 Å². The Labute approximate surface area is 138 Å². The van der Waals surface area contributed by atoms with E-state index in [1.165, 1.54) is 5.56 Å². The van der Waals surface area contributed by atoms with Gasteiger partial charge in [-0.2, -0.15) is 0 Å². The van der Waals surface area contributed by atoms with Gasteiger partial charge in [0.15, 0.2) is 11.5 Å². The number of hydrogen-bond acceptors (Lipinski definition) is 3. The zero-order chi connectivity index (χ0) is 15.4. The average molecular weight is 371 g/mol. The highest BCUT2D eigenvalue weighted by Gasteiger charge is 2.10. The summed E-state index contributed by atoms with van der Waals surface area (Å²) in [5.41, 5.74) is 3.18. The molecule has 0 radical (unpaired) electrons. The highest BCUT2D eigenvalue weighted by atomic mass is 79.9. The number of hydrogen-bond donors (Lipinski definition) is 1. The summed E-state index contributed by atoms with van der Waals surface area (Å²) >= 11 is 9.83. The lowest BCUT2D eigenvalue weighted by atomic mass is 10.1. The fourth-order valence-electron chi connectivity index (χ4n) is 1.98. The normalized spacial score (nSPS) is 10.3. The van der Waals surface area contributed by atoms with E-state index < -0.39 is 0 Å². The van der Waals surface area contributed by atoms with E-state index in [2.05, 4.69) is 46.4 Å². The van der Waals surface area contributed by atoms with Crippen molar-refractivity contribution in [3.8, 4) is 11.5 Å². The molecule has 0 bridgehead atoms. The largest absolute Gasteiger partial charge is 0.493 e. The minimum absolute atomic E-state index is 0.593. The summed E-state index contributed by atoms with van der Waals surface area (Å²) in [4.78, 5) is 0. The van der Waals surface area contributed by atoms with E-state index in [4.69, 9.17) is 21.1 Å². The zero-order valence-corrected chi connectivity index (χ0v) is 14.5. The van der Waals surface area contributed by atoms with Gasteiger partial charge in [-0.15, -0.1) is 0 Å². The number of rotatable bonds is 5. The van der Waals surface area contributed by atoms with Crippen LogP contribution in [0.15, 0.2) is 34.8 Å². The van der Waals surface area contributed by atoms with Gasteiger partial charge < -0.3 is 14.8 Å². The third-order valence-electron chi connectivity index (χ3n) is 3.15. The molecule has 0 saturated carbocycles. The van der Waals surface area contributed by atoms with Gasteiger partial charge in [-0.1, -0.05) is 39.7 Å². The van der Waals surface area contributed by atoms with Crippen LogP contribution in [0.5, 0.6) is 11.5 Å². The monoisotopic (exact) mass is 369 g/mol. The van der Waals surface area contributed by atoms with Crippen molar-refractivity contribution in [2.24, 2.45) is 0 Å². The maximum absolute atomic E-state index is 6.26. The summed E-state index contributed by atoms with van der Waals surface area (Å²) in [6.45, 7) is 2.73. The number of aryl methyl sites for hydroxylation is 1.